The lowest BCUT2D eigenvalue weighted by molar-refractivity contribution is -0.121. The Morgan fingerprint density at radius 3 is 2.76 bits per heavy atom. The van der Waals surface area contributed by atoms with Gasteiger partial charge in [-0.25, -0.2) is 0 Å². The fraction of sp³-hybridized carbons (Fsp3) is 0.190. The van der Waals surface area contributed by atoms with Crippen LogP contribution in [0.25, 0.3) is 11.1 Å². The quantitative estimate of drug-likeness (QED) is 0.599. The summed E-state index contributed by atoms with van der Waals surface area (Å²) in [6, 6.07) is 16.2. The number of carbonyl (C=O) groups is 1. The van der Waals surface area contributed by atoms with Gasteiger partial charge >= 0.3 is 0 Å². The van der Waals surface area contributed by atoms with Crippen molar-refractivity contribution in [3.05, 3.63) is 81.0 Å². The lowest BCUT2D eigenvalue weighted by Crippen LogP contribution is -2.23. The van der Waals surface area contributed by atoms with Crippen LogP contribution in [0.15, 0.2) is 59.3 Å². The molecule has 1 aromatic heterocycles. The summed E-state index contributed by atoms with van der Waals surface area (Å²) in [5.74, 6) is 0.0627. The summed E-state index contributed by atoms with van der Waals surface area (Å²) in [6.45, 7) is 2.53. The van der Waals surface area contributed by atoms with Crippen LogP contribution in [-0.2, 0) is 17.8 Å². The van der Waals surface area contributed by atoms with Crippen molar-refractivity contribution in [2.75, 3.05) is 0 Å². The largest absolute Gasteiger partial charge is 0.352 e. The van der Waals surface area contributed by atoms with E-state index in [-0.39, 0.29) is 5.91 Å². The van der Waals surface area contributed by atoms with Gasteiger partial charge in [-0.2, -0.15) is 11.3 Å². The minimum absolute atomic E-state index is 0.0627. The van der Waals surface area contributed by atoms with E-state index in [1.54, 1.807) is 11.3 Å². The van der Waals surface area contributed by atoms with E-state index in [9.17, 15) is 4.79 Å². The van der Waals surface area contributed by atoms with Gasteiger partial charge in [0.2, 0.25) is 5.91 Å². The molecule has 128 valence electrons. The first kappa shape index (κ1) is 17.7. The number of amides is 1. The summed E-state index contributed by atoms with van der Waals surface area (Å²) >= 11 is 7.72. The maximum absolute atomic E-state index is 12.2. The number of hydrogen-bond donors (Lipinski definition) is 1. The molecule has 0 radical (unpaired) electrons. The Morgan fingerprint density at radius 1 is 1.16 bits per heavy atom. The molecule has 0 aliphatic heterocycles. The molecule has 3 rings (SSSR count). The third-order valence-corrected chi connectivity index (χ3v) is 5.30. The number of halogens is 1. The van der Waals surface area contributed by atoms with Gasteiger partial charge in [-0.1, -0.05) is 48.0 Å². The molecule has 0 atom stereocenters. The smallest absolute Gasteiger partial charge is 0.220 e. The van der Waals surface area contributed by atoms with Gasteiger partial charge in [0.1, 0.15) is 0 Å². The van der Waals surface area contributed by atoms with Crippen molar-refractivity contribution in [3.8, 4) is 11.1 Å². The molecule has 1 amide bonds. The first-order chi connectivity index (χ1) is 12.1. The maximum Gasteiger partial charge on any atom is 0.220 e. The Morgan fingerprint density at radius 2 is 2.00 bits per heavy atom. The fourth-order valence-electron chi connectivity index (χ4n) is 2.78. The van der Waals surface area contributed by atoms with Crippen LogP contribution in [0.2, 0.25) is 5.02 Å². The van der Waals surface area contributed by atoms with Crippen molar-refractivity contribution < 1.29 is 4.79 Å². The first-order valence-corrected chi connectivity index (χ1v) is 9.58. The molecular weight excluding hydrogens is 350 g/mol. The molecule has 0 fully saturated rings. The molecule has 0 aliphatic carbocycles. The summed E-state index contributed by atoms with van der Waals surface area (Å²) in [7, 11) is 0. The van der Waals surface area contributed by atoms with Crippen molar-refractivity contribution in [2.24, 2.45) is 0 Å². The van der Waals surface area contributed by atoms with Gasteiger partial charge in [0, 0.05) is 18.0 Å². The van der Waals surface area contributed by atoms with E-state index in [2.05, 4.69) is 34.3 Å². The minimum Gasteiger partial charge on any atom is -0.352 e. The first-order valence-electron chi connectivity index (χ1n) is 8.25. The SMILES string of the molecule is Cc1cc(CCC(=O)NCc2ccccc2-c2ccsc2)ccc1Cl. The molecule has 2 nitrogen and oxygen atoms in total. The predicted octanol–water partition coefficient (Wildman–Crippen LogP) is 5.63. The summed E-state index contributed by atoms with van der Waals surface area (Å²) < 4.78 is 0. The molecule has 25 heavy (non-hydrogen) atoms. The van der Waals surface area contributed by atoms with Gasteiger partial charge in [-0.3, -0.25) is 4.79 Å². The number of hydrogen-bond acceptors (Lipinski definition) is 2. The van der Waals surface area contributed by atoms with Crippen molar-refractivity contribution in [2.45, 2.75) is 26.3 Å². The second-order valence-corrected chi connectivity index (χ2v) is 7.22. The van der Waals surface area contributed by atoms with E-state index in [0.717, 1.165) is 28.1 Å². The van der Waals surface area contributed by atoms with Crippen LogP contribution in [0.4, 0.5) is 0 Å². The lowest BCUT2D eigenvalue weighted by atomic mass is 10.0. The van der Waals surface area contributed by atoms with Crippen LogP contribution >= 0.6 is 22.9 Å². The highest BCUT2D eigenvalue weighted by Gasteiger charge is 2.08. The molecular formula is C21H20ClNOS. The normalized spacial score (nSPS) is 10.6. The molecule has 2 aromatic carbocycles. The highest BCUT2D eigenvalue weighted by Crippen LogP contribution is 2.25. The monoisotopic (exact) mass is 369 g/mol. The fourth-order valence-corrected chi connectivity index (χ4v) is 3.55. The van der Waals surface area contributed by atoms with E-state index < -0.39 is 0 Å². The van der Waals surface area contributed by atoms with E-state index in [0.29, 0.717) is 13.0 Å². The Bertz CT molecular complexity index is 858. The third kappa shape index (κ3) is 4.71. The summed E-state index contributed by atoms with van der Waals surface area (Å²) in [6.07, 6.45) is 1.19. The molecule has 0 saturated heterocycles. The zero-order valence-corrected chi connectivity index (χ0v) is 15.7. The molecule has 1 heterocycles. The molecule has 0 saturated carbocycles. The van der Waals surface area contributed by atoms with E-state index in [1.807, 2.05) is 37.3 Å². The molecule has 0 bridgehead atoms. The van der Waals surface area contributed by atoms with Crippen LogP contribution in [0, 0.1) is 6.92 Å². The molecule has 4 heteroatoms. The summed E-state index contributed by atoms with van der Waals surface area (Å²) in [5.41, 5.74) is 5.69. The van der Waals surface area contributed by atoms with E-state index in [4.69, 9.17) is 11.6 Å². The number of rotatable bonds is 6. The van der Waals surface area contributed by atoms with Crippen LogP contribution in [0.5, 0.6) is 0 Å². The summed E-state index contributed by atoms with van der Waals surface area (Å²) in [5, 5.41) is 7.99. The van der Waals surface area contributed by atoms with E-state index >= 15 is 0 Å². The van der Waals surface area contributed by atoms with Crippen LogP contribution in [0.1, 0.15) is 23.1 Å². The summed E-state index contributed by atoms with van der Waals surface area (Å²) in [4.78, 5) is 12.2. The average Bonchev–Trinajstić information content (AvgIpc) is 3.15. The van der Waals surface area contributed by atoms with Crippen LogP contribution < -0.4 is 5.32 Å². The number of thiophene rings is 1. The van der Waals surface area contributed by atoms with Gasteiger partial charge in [0.25, 0.3) is 0 Å². The minimum atomic E-state index is 0.0627. The van der Waals surface area contributed by atoms with Crippen molar-refractivity contribution in [1.29, 1.82) is 0 Å². The highest BCUT2D eigenvalue weighted by molar-refractivity contribution is 7.08. The Hall–Kier alpha value is -2.10. The van der Waals surface area contributed by atoms with Crippen molar-refractivity contribution in [1.82, 2.24) is 5.32 Å². The molecule has 3 aromatic rings. The third-order valence-electron chi connectivity index (χ3n) is 4.19. The molecule has 0 unspecified atom stereocenters. The van der Waals surface area contributed by atoms with Crippen LogP contribution in [-0.4, -0.2) is 5.91 Å². The van der Waals surface area contributed by atoms with Gasteiger partial charge in [-0.05, 0) is 64.1 Å². The standard InChI is InChI=1S/C21H20ClNOS/c1-15-12-16(6-8-20(15)22)7-9-21(24)23-13-17-4-2-3-5-19(17)18-10-11-25-14-18/h2-6,8,10-12,14H,7,9,13H2,1H3,(H,23,24). The maximum atomic E-state index is 12.2. The molecule has 0 aliphatic rings. The topological polar surface area (TPSA) is 29.1 Å². The Balaban J connectivity index is 1.57. The lowest BCUT2D eigenvalue weighted by Gasteiger charge is -2.10. The average molecular weight is 370 g/mol. The van der Waals surface area contributed by atoms with E-state index in [1.165, 1.54) is 11.1 Å². The molecule has 1 N–H and O–H groups in total. The van der Waals surface area contributed by atoms with Gasteiger partial charge in [0.05, 0.1) is 0 Å². The molecule has 0 spiro atoms. The second-order valence-electron chi connectivity index (χ2n) is 6.03. The van der Waals surface area contributed by atoms with Gasteiger partial charge in [0.15, 0.2) is 0 Å². The Kier molecular flexibility index (Phi) is 5.90. The van der Waals surface area contributed by atoms with Gasteiger partial charge in [-0.15, -0.1) is 0 Å². The number of carbonyl (C=O) groups excluding carboxylic acids is 1. The van der Waals surface area contributed by atoms with Gasteiger partial charge < -0.3 is 5.32 Å². The predicted molar refractivity (Wildman–Crippen MR) is 106 cm³/mol. The Labute approximate surface area is 157 Å². The highest BCUT2D eigenvalue weighted by atomic mass is 35.5. The zero-order valence-electron chi connectivity index (χ0n) is 14.1. The number of benzene rings is 2. The van der Waals surface area contributed by atoms with Crippen molar-refractivity contribution >= 4 is 28.8 Å². The second kappa shape index (κ2) is 8.32. The number of nitrogens with one attached hydrogen (secondary N) is 1. The van der Waals surface area contributed by atoms with Crippen molar-refractivity contribution in [3.63, 3.8) is 0 Å². The zero-order chi connectivity index (χ0) is 17.6. The van der Waals surface area contributed by atoms with Crippen LogP contribution in [0.3, 0.4) is 0 Å². The number of aryl methyl sites for hydroxylation is 2.